The first-order chi connectivity index (χ1) is 19.2. The number of unbranched alkanes of at least 4 members (excludes halogenated alkanes) is 1. The smallest absolute Gasteiger partial charge is 0.327 e. The van der Waals surface area contributed by atoms with Crippen LogP contribution in [0.25, 0.3) is 10.9 Å². The molecule has 4 unspecified atom stereocenters. The van der Waals surface area contributed by atoms with Gasteiger partial charge in [-0.2, -0.15) is 12.6 Å². The molecule has 2 heterocycles. The van der Waals surface area contributed by atoms with Crippen molar-refractivity contribution in [3.05, 3.63) is 54.2 Å². The first kappa shape index (κ1) is 30.7. The summed E-state index contributed by atoms with van der Waals surface area (Å²) in [4.78, 5) is 60.8. The number of nitrogens with zero attached hydrogens (tertiary/aromatic N) is 1. The van der Waals surface area contributed by atoms with Gasteiger partial charge >= 0.3 is 5.97 Å². The number of imidazole rings is 1. The third-order valence-electron chi connectivity index (χ3n) is 6.44. The summed E-state index contributed by atoms with van der Waals surface area (Å²) in [6, 6.07) is 3.33. The molecule has 13 nitrogen and oxygen atoms in total. The van der Waals surface area contributed by atoms with Crippen molar-refractivity contribution in [3.8, 4) is 0 Å². The van der Waals surface area contributed by atoms with E-state index in [-0.39, 0.29) is 25.0 Å². The molecule has 216 valence electrons. The van der Waals surface area contributed by atoms with Crippen molar-refractivity contribution in [1.82, 2.24) is 30.9 Å². The number of hydrogen-bond donors (Lipinski definition) is 9. The van der Waals surface area contributed by atoms with Gasteiger partial charge in [-0.15, -0.1) is 0 Å². The molecule has 0 saturated carbocycles. The van der Waals surface area contributed by atoms with Crippen molar-refractivity contribution >= 4 is 47.2 Å². The Balaban J connectivity index is 1.72. The SMILES string of the molecule is NCCCCC(NC(=O)C(N)Cc1c[nH]c2ccccc12)C(=O)NC(Cc1cnc[nH]1)C(=O)NC(CS)C(=O)O. The maximum Gasteiger partial charge on any atom is 0.327 e. The van der Waals surface area contributed by atoms with Gasteiger partial charge in [-0.1, -0.05) is 18.2 Å². The number of aromatic nitrogens is 3. The minimum absolute atomic E-state index is 0.0139. The molecule has 0 aliphatic carbocycles. The quantitative estimate of drug-likeness (QED) is 0.0810. The summed E-state index contributed by atoms with van der Waals surface area (Å²) in [5, 5.41) is 18.0. The fourth-order valence-corrected chi connectivity index (χ4v) is 4.47. The number of fused-ring (bicyclic) bond motifs is 1. The average molecular weight is 573 g/mol. The zero-order valence-electron chi connectivity index (χ0n) is 21.9. The summed E-state index contributed by atoms with van der Waals surface area (Å²) in [7, 11) is 0. The highest BCUT2D eigenvalue weighted by molar-refractivity contribution is 7.80. The summed E-state index contributed by atoms with van der Waals surface area (Å²) >= 11 is 3.97. The van der Waals surface area contributed by atoms with Crippen LogP contribution in [0.2, 0.25) is 0 Å². The predicted molar refractivity (Wildman–Crippen MR) is 152 cm³/mol. The number of thiol groups is 1. The third-order valence-corrected chi connectivity index (χ3v) is 6.81. The molecule has 2 aromatic heterocycles. The Labute approximate surface area is 236 Å². The van der Waals surface area contributed by atoms with E-state index < -0.39 is 47.9 Å². The van der Waals surface area contributed by atoms with Crippen molar-refractivity contribution in [2.75, 3.05) is 12.3 Å². The Morgan fingerprint density at radius 3 is 2.33 bits per heavy atom. The van der Waals surface area contributed by atoms with E-state index in [1.807, 2.05) is 24.3 Å². The number of H-pyrrole nitrogens is 2. The minimum atomic E-state index is -1.26. The molecule has 14 heteroatoms. The number of carbonyl (C=O) groups excluding carboxylic acids is 3. The predicted octanol–water partition coefficient (Wildman–Crippen LogP) is -0.399. The number of nitrogens with two attached hydrogens (primary N) is 2. The molecule has 0 aliphatic rings. The minimum Gasteiger partial charge on any atom is -0.480 e. The van der Waals surface area contributed by atoms with Gasteiger partial charge in [0, 0.05) is 41.2 Å². The van der Waals surface area contributed by atoms with Crippen LogP contribution in [-0.2, 0) is 32.0 Å². The van der Waals surface area contributed by atoms with Crippen LogP contribution in [0.1, 0.15) is 30.5 Å². The molecule has 0 fully saturated rings. The van der Waals surface area contributed by atoms with Crippen LogP contribution >= 0.6 is 12.6 Å². The lowest BCUT2D eigenvalue weighted by atomic mass is 10.0. The zero-order valence-corrected chi connectivity index (χ0v) is 22.8. The lowest BCUT2D eigenvalue weighted by Crippen LogP contribution is -2.58. The largest absolute Gasteiger partial charge is 0.480 e. The van der Waals surface area contributed by atoms with Gasteiger partial charge in [0.15, 0.2) is 0 Å². The van der Waals surface area contributed by atoms with E-state index in [1.165, 1.54) is 12.5 Å². The van der Waals surface area contributed by atoms with Gasteiger partial charge in [0.2, 0.25) is 17.7 Å². The average Bonchev–Trinajstić information content (AvgIpc) is 3.60. The van der Waals surface area contributed by atoms with E-state index in [9.17, 15) is 24.3 Å². The van der Waals surface area contributed by atoms with Crippen molar-refractivity contribution in [3.63, 3.8) is 0 Å². The molecular formula is C26H36N8O5S. The van der Waals surface area contributed by atoms with Crippen LogP contribution < -0.4 is 27.4 Å². The summed E-state index contributed by atoms with van der Waals surface area (Å²) in [5.41, 5.74) is 14.2. The monoisotopic (exact) mass is 572 g/mol. The van der Waals surface area contributed by atoms with Gasteiger partial charge in [-0.25, -0.2) is 9.78 Å². The fourth-order valence-electron chi connectivity index (χ4n) is 4.23. The van der Waals surface area contributed by atoms with Crippen molar-refractivity contribution < 1.29 is 24.3 Å². The number of amides is 3. The topological polar surface area (TPSA) is 221 Å². The Hall–Kier alpha value is -3.88. The highest BCUT2D eigenvalue weighted by Crippen LogP contribution is 2.19. The normalized spacial score (nSPS) is 14.2. The number of carboxylic acids is 1. The van der Waals surface area contributed by atoms with Gasteiger partial charge in [0.05, 0.1) is 12.4 Å². The van der Waals surface area contributed by atoms with E-state index in [0.717, 1.165) is 16.5 Å². The van der Waals surface area contributed by atoms with Gasteiger partial charge in [-0.3, -0.25) is 14.4 Å². The van der Waals surface area contributed by atoms with Gasteiger partial charge < -0.3 is 42.5 Å². The van der Waals surface area contributed by atoms with Crippen molar-refractivity contribution in [2.45, 2.75) is 56.3 Å². The summed E-state index contributed by atoms with van der Waals surface area (Å²) in [6.07, 6.45) is 6.41. The maximum atomic E-state index is 13.4. The van der Waals surface area contributed by atoms with Crippen LogP contribution in [0, 0.1) is 0 Å². The van der Waals surface area contributed by atoms with E-state index in [1.54, 1.807) is 6.20 Å². The van der Waals surface area contributed by atoms with Crippen LogP contribution in [0.3, 0.4) is 0 Å². The van der Waals surface area contributed by atoms with E-state index in [4.69, 9.17) is 11.5 Å². The van der Waals surface area contributed by atoms with E-state index in [2.05, 4.69) is 43.5 Å². The van der Waals surface area contributed by atoms with Crippen LogP contribution in [0.5, 0.6) is 0 Å². The summed E-state index contributed by atoms with van der Waals surface area (Å²) < 4.78 is 0. The molecule has 0 bridgehead atoms. The summed E-state index contributed by atoms with van der Waals surface area (Å²) in [5.74, 6) is -3.24. The Bertz CT molecular complexity index is 1280. The van der Waals surface area contributed by atoms with Gasteiger partial charge in [0.25, 0.3) is 0 Å². The second kappa shape index (κ2) is 15.1. The molecule has 1 aromatic carbocycles. The molecule has 3 aromatic rings. The number of aliphatic carboxylic acids is 1. The van der Waals surface area contributed by atoms with Crippen molar-refractivity contribution in [1.29, 1.82) is 0 Å². The van der Waals surface area contributed by atoms with Gasteiger partial charge in [-0.05, 0) is 43.9 Å². The standard InChI is InChI=1S/C26H36N8O5S/c27-8-4-3-7-20(32-23(35)18(28)9-15-11-30-19-6-2-1-5-17(15)19)24(36)33-21(10-16-12-29-14-31-16)25(37)34-22(13-40)26(38)39/h1-2,5-6,11-12,14,18,20-22,30,40H,3-4,7-10,13,27-28H2,(H,29,31)(H,32,35)(H,33,36)(H,34,37)(H,38,39). The van der Waals surface area contributed by atoms with Crippen LogP contribution in [-0.4, -0.2) is 80.2 Å². The highest BCUT2D eigenvalue weighted by Gasteiger charge is 2.30. The van der Waals surface area contributed by atoms with Gasteiger partial charge in [0.1, 0.15) is 18.1 Å². The molecule has 0 spiro atoms. The first-order valence-corrected chi connectivity index (χ1v) is 13.6. The Kier molecular flexibility index (Phi) is 11.5. The molecule has 3 amide bonds. The zero-order chi connectivity index (χ0) is 29.1. The van der Waals surface area contributed by atoms with E-state index in [0.29, 0.717) is 25.1 Å². The molecule has 40 heavy (non-hydrogen) atoms. The number of carboxylic acid groups (broad SMARTS) is 1. The van der Waals surface area contributed by atoms with E-state index >= 15 is 0 Å². The number of nitrogens with one attached hydrogen (secondary N) is 5. The second-order valence-corrected chi connectivity index (χ2v) is 9.81. The van der Waals surface area contributed by atoms with Crippen LogP contribution in [0.15, 0.2) is 43.0 Å². The molecule has 10 N–H and O–H groups in total. The first-order valence-electron chi connectivity index (χ1n) is 13.0. The number of carbonyl (C=O) groups is 4. The number of para-hydroxylation sites is 1. The lowest BCUT2D eigenvalue weighted by molar-refractivity contribution is -0.141. The summed E-state index contributed by atoms with van der Waals surface area (Å²) in [6.45, 7) is 0.410. The lowest BCUT2D eigenvalue weighted by Gasteiger charge is -2.25. The Morgan fingerprint density at radius 1 is 0.950 bits per heavy atom. The molecule has 0 radical (unpaired) electrons. The third kappa shape index (κ3) is 8.56. The second-order valence-electron chi connectivity index (χ2n) is 9.44. The highest BCUT2D eigenvalue weighted by atomic mass is 32.1. The molecule has 0 aliphatic heterocycles. The fraction of sp³-hybridized carbons (Fsp3) is 0.423. The maximum absolute atomic E-state index is 13.4. The number of benzene rings is 1. The number of rotatable bonds is 16. The molecular weight excluding hydrogens is 536 g/mol. The number of hydrogen-bond acceptors (Lipinski definition) is 8. The van der Waals surface area contributed by atoms with Crippen LogP contribution in [0.4, 0.5) is 0 Å². The number of aromatic amines is 2. The molecule has 3 rings (SSSR count). The van der Waals surface area contributed by atoms with Crippen molar-refractivity contribution in [2.24, 2.45) is 11.5 Å². The Morgan fingerprint density at radius 2 is 1.65 bits per heavy atom. The molecule has 0 saturated heterocycles. The molecule has 4 atom stereocenters.